The number of methoxy groups -OCH3 is 1. The predicted octanol–water partition coefficient (Wildman–Crippen LogP) is 2.68. The summed E-state index contributed by atoms with van der Waals surface area (Å²) in [5, 5.41) is 15.3. The molecule has 0 aliphatic heterocycles. The maximum atomic E-state index is 12.8. The first kappa shape index (κ1) is 17.7. The fourth-order valence-electron chi connectivity index (χ4n) is 2.29. The van der Waals surface area contributed by atoms with Crippen molar-refractivity contribution in [3.05, 3.63) is 65.0 Å². The molecule has 1 atom stereocenters. The summed E-state index contributed by atoms with van der Waals surface area (Å²) in [6, 6.07) is 10.8. The minimum Gasteiger partial charge on any atom is -0.496 e. The van der Waals surface area contributed by atoms with Gasteiger partial charge in [0.25, 0.3) is 0 Å². The molecule has 0 unspecified atom stereocenters. The van der Waals surface area contributed by atoms with Crippen LogP contribution >= 0.6 is 0 Å². The molecule has 0 radical (unpaired) electrons. The molecule has 0 saturated carbocycles. The molecule has 0 heterocycles. The Hall–Kier alpha value is -2.60. The summed E-state index contributed by atoms with van der Waals surface area (Å²) in [5.41, 5.74) is 2.48. The van der Waals surface area contributed by atoms with Gasteiger partial charge < -0.3 is 20.5 Å². The SMILES string of the molecule is COc1ccc(CNC(=O)NC[C@@H](O)c2ccc(F)cc2)cc1C. The van der Waals surface area contributed by atoms with E-state index in [0.717, 1.165) is 16.9 Å². The van der Waals surface area contributed by atoms with Gasteiger partial charge in [-0.05, 0) is 41.8 Å². The fraction of sp³-hybridized carbons (Fsp3) is 0.278. The van der Waals surface area contributed by atoms with E-state index in [2.05, 4.69) is 10.6 Å². The van der Waals surface area contributed by atoms with Crippen molar-refractivity contribution in [2.75, 3.05) is 13.7 Å². The van der Waals surface area contributed by atoms with E-state index < -0.39 is 6.10 Å². The Bertz CT molecular complexity index is 689. The molecule has 0 spiro atoms. The van der Waals surface area contributed by atoms with Crippen molar-refractivity contribution < 1.29 is 19.0 Å². The first-order chi connectivity index (χ1) is 11.5. The molecule has 0 aliphatic rings. The van der Waals surface area contributed by atoms with Gasteiger partial charge in [-0.15, -0.1) is 0 Å². The van der Waals surface area contributed by atoms with Crippen LogP contribution in [0.5, 0.6) is 5.75 Å². The number of benzene rings is 2. The Morgan fingerprint density at radius 1 is 1.21 bits per heavy atom. The van der Waals surface area contributed by atoms with Gasteiger partial charge in [0.1, 0.15) is 11.6 Å². The zero-order chi connectivity index (χ0) is 17.5. The number of halogens is 1. The van der Waals surface area contributed by atoms with Crippen LogP contribution in [0.4, 0.5) is 9.18 Å². The lowest BCUT2D eigenvalue weighted by Gasteiger charge is -2.13. The standard InChI is InChI=1S/C18H21FN2O3/c1-12-9-13(3-8-17(12)24-2)10-20-18(23)21-11-16(22)14-4-6-15(19)7-5-14/h3-9,16,22H,10-11H2,1-2H3,(H2,20,21,23)/t16-/m1/s1. The average Bonchev–Trinajstić information content (AvgIpc) is 2.58. The number of rotatable bonds is 6. The van der Waals surface area contributed by atoms with Gasteiger partial charge >= 0.3 is 6.03 Å². The predicted molar refractivity (Wildman–Crippen MR) is 89.3 cm³/mol. The molecular weight excluding hydrogens is 311 g/mol. The lowest BCUT2D eigenvalue weighted by Crippen LogP contribution is -2.37. The molecule has 6 heteroatoms. The van der Waals surface area contributed by atoms with E-state index in [9.17, 15) is 14.3 Å². The second kappa shape index (κ2) is 8.31. The molecular formula is C18H21FN2O3. The first-order valence-corrected chi connectivity index (χ1v) is 7.58. The summed E-state index contributed by atoms with van der Waals surface area (Å²) >= 11 is 0. The van der Waals surface area contributed by atoms with Crippen LogP contribution in [0.3, 0.4) is 0 Å². The van der Waals surface area contributed by atoms with Crippen molar-refractivity contribution in [2.45, 2.75) is 19.6 Å². The maximum absolute atomic E-state index is 12.8. The molecule has 2 aromatic rings. The monoisotopic (exact) mass is 332 g/mol. The second-order valence-electron chi connectivity index (χ2n) is 5.43. The highest BCUT2D eigenvalue weighted by Crippen LogP contribution is 2.18. The number of aliphatic hydroxyl groups excluding tert-OH is 1. The quantitative estimate of drug-likeness (QED) is 0.762. The van der Waals surface area contributed by atoms with Crippen LogP contribution in [0.15, 0.2) is 42.5 Å². The highest BCUT2D eigenvalue weighted by atomic mass is 19.1. The van der Waals surface area contributed by atoms with Gasteiger partial charge in [0, 0.05) is 13.1 Å². The topological polar surface area (TPSA) is 70.6 Å². The number of carbonyl (C=O) groups is 1. The minimum atomic E-state index is -0.889. The number of hydrogen-bond acceptors (Lipinski definition) is 3. The Labute approximate surface area is 140 Å². The molecule has 2 rings (SSSR count). The highest BCUT2D eigenvalue weighted by molar-refractivity contribution is 5.73. The summed E-state index contributed by atoms with van der Waals surface area (Å²) in [7, 11) is 1.61. The number of carbonyl (C=O) groups excluding carboxylic acids is 1. The average molecular weight is 332 g/mol. The van der Waals surface area contributed by atoms with Gasteiger partial charge in [0.05, 0.1) is 13.2 Å². The lowest BCUT2D eigenvalue weighted by molar-refractivity contribution is 0.173. The Kier molecular flexibility index (Phi) is 6.14. The van der Waals surface area contributed by atoms with E-state index in [1.165, 1.54) is 24.3 Å². The smallest absolute Gasteiger partial charge is 0.315 e. The van der Waals surface area contributed by atoms with Crippen molar-refractivity contribution in [2.24, 2.45) is 0 Å². The molecule has 3 N–H and O–H groups in total. The lowest BCUT2D eigenvalue weighted by atomic mass is 10.1. The first-order valence-electron chi connectivity index (χ1n) is 7.58. The van der Waals surface area contributed by atoms with Crippen LogP contribution in [-0.4, -0.2) is 24.8 Å². The van der Waals surface area contributed by atoms with Crippen LogP contribution in [0, 0.1) is 12.7 Å². The number of aryl methyl sites for hydroxylation is 1. The zero-order valence-electron chi connectivity index (χ0n) is 13.7. The third-order valence-electron chi connectivity index (χ3n) is 3.62. The largest absolute Gasteiger partial charge is 0.496 e. The van der Waals surface area contributed by atoms with Gasteiger partial charge in [-0.1, -0.05) is 24.3 Å². The van der Waals surface area contributed by atoms with Crippen LogP contribution in [0.2, 0.25) is 0 Å². The molecule has 2 aromatic carbocycles. The summed E-state index contributed by atoms with van der Waals surface area (Å²) in [6.45, 7) is 2.34. The van der Waals surface area contributed by atoms with E-state index >= 15 is 0 Å². The third-order valence-corrected chi connectivity index (χ3v) is 3.62. The van der Waals surface area contributed by atoms with Gasteiger partial charge in [-0.25, -0.2) is 9.18 Å². The molecule has 2 amide bonds. The Morgan fingerprint density at radius 3 is 2.54 bits per heavy atom. The van der Waals surface area contributed by atoms with Gasteiger partial charge in [-0.3, -0.25) is 0 Å². The van der Waals surface area contributed by atoms with Crippen LogP contribution in [0.25, 0.3) is 0 Å². The van der Waals surface area contributed by atoms with Crippen molar-refractivity contribution in [1.82, 2.24) is 10.6 Å². The van der Waals surface area contributed by atoms with E-state index in [0.29, 0.717) is 12.1 Å². The van der Waals surface area contributed by atoms with E-state index in [-0.39, 0.29) is 18.4 Å². The highest BCUT2D eigenvalue weighted by Gasteiger charge is 2.09. The van der Waals surface area contributed by atoms with Crippen LogP contribution in [0.1, 0.15) is 22.8 Å². The summed E-state index contributed by atoms with van der Waals surface area (Å²) in [5.74, 6) is 0.428. The maximum Gasteiger partial charge on any atom is 0.315 e. The third kappa shape index (κ3) is 4.96. The number of hydrogen-bond donors (Lipinski definition) is 3. The Morgan fingerprint density at radius 2 is 1.92 bits per heavy atom. The van der Waals surface area contributed by atoms with E-state index in [1.807, 2.05) is 25.1 Å². The van der Waals surface area contributed by atoms with Crippen molar-refractivity contribution in [1.29, 1.82) is 0 Å². The molecule has 128 valence electrons. The number of ether oxygens (including phenoxy) is 1. The Balaban J connectivity index is 1.79. The number of aliphatic hydroxyl groups is 1. The number of amides is 2. The molecule has 5 nitrogen and oxygen atoms in total. The van der Waals surface area contributed by atoms with Crippen molar-refractivity contribution >= 4 is 6.03 Å². The van der Waals surface area contributed by atoms with Gasteiger partial charge in [-0.2, -0.15) is 0 Å². The summed E-state index contributed by atoms with van der Waals surface area (Å²) in [6.07, 6.45) is -0.889. The van der Waals surface area contributed by atoms with E-state index in [4.69, 9.17) is 4.74 Å². The molecule has 0 bridgehead atoms. The van der Waals surface area contributed by atoms with Gasteiger partial charge in [0.2, 0.25) is 0 Å². The fourth-order valence-corrected chi connectivity index (χ4v) is 2.29. The second-order valence-corrected chi connectivity index (χ2v) is 5.43. The normalized spacial score (nSPS) is 11.7. The van der Waals surface area contributed by atoms with E-state index in [1.54, 1.807) is 7.11 Å². The van der Waals surface area contributed by atoms with Crippen LogP contribution in [-0.2, 0) is 6.54 Å². The molecule has 0 fully saturated rings. The van der Waals surface area contributed by atoms with Crippen LogP contribution < -0.4 is 15.4 Å². The zero-order valence-corrected chi connectivity index (χ0v) is 13.7. The molecule has 24 heavy (non-hydrogen) atoms. The minimum absolute atomic E-state index is 0.0408. The summed E-state index contributed by atoms with van der Waals surface area (Å²) < 4.78 is 18.0. The summed E-state index contributed by atoms with van der Waals surface area (Å²) in [4.78, 5) is 11.8. The van der Waals surface area contributed by atoms with Crippen molar-refractivity contribution in [3.63, 3.8) is 0 Å². The van der Waals surface area contributed by atoms with Gasteiger partial charge in [0.15, 0.2) is 0 Å². The van der Waals surface area contributed by atoms with Crippen molar-refractivity contribution in [3.8, 4) is 5.75 Å². The molecule has 0 saturated heterocycles. The number of nitrogens with one attached hydrogen (secondary N) is 2. The number of urea groups is 1. The molecule has 0 aliphatic carbocycles. The molecule has 0 aromatic heterocycles.